The summed E-state index contributed by atoms with van der Waals surface area (Å²) < 4.78 is 0. The smallest absolute Gasteiger partial charge is 0.157 e. The average molecular weight is 361 g/mol. The van der Waals surface area contributed by atoms with Gasteiger partial charge in [-0.1, -0.05) is 6.07 Å². The van der Waals surface area contributed by atoms with E-state index in [2.05, 4.69) is 70.1 Å². The highest BCUT2D eigenvalue weighted by molar-refractivity contribution is 7.98. The first-order chi connectivity index (χ1) is 12.7. The topological polar surface area (TPSA) is 56.8 Å². The number of aromatic nitrogens is 3. The summed E-state index contributed by atoms with van der Waals surface area (Å²) >= 11 is 1.74. The average Bonchev–Trinajstić information content (AvgIpc) is 3.27. The third-order valence-electron chi connectivity index (χ3n) is 4.95. The Morgan fingerprint density at radius 3 is 2.85 bits per heavy atom. The number of H-pyrrole nitrogens is 1. The van der Waals surface area contributed by atoms with Crippen LogP contribution in [0.4, 0.5) is 11.5 Å². The number of nitrogens with one attached hydrogen (secondary N) is 2. The minimum absolute atomic E-state index is 0.813. The van der Waals surface area contributed by atoms with Crippen LogP contribution in [0.15, 0.2) is 47.5 Å². The normalized spacial score (nSPS) is 14.2. The van der Waals surface area contributed by atoms with E-state index < -0.39 is 0 Å². The Balaban J connectivity index is 1.60. The maximum absolute atomic E-state index is 4.85. The fourth-order valence-corrected chi connectivity index (χ4v) is 4.11. The van der Waals surface area contributed by atoms with Crippen molar-refractivity contribution in [2.75, 3.05) is 18.6 Å². The molecule has 6 heteroatoms. The number of nitrogens with zero attached hydrogens (tertiary/aromatic N) is 3. The number of thioether (sulfide) groups is 1. The number of pyridine rings is 1. The van der Waals surface area contributed by atoms with Crippen LogP contribution >= 0.6 is 11.8 Å². The van der Waals surface area contributed by atoms with Crippen molar-refractivity contribution in [3.05, 3.63) is 53.7 Å². The second-order valence-electron chi connectivity index (χ2n) is 6.78. The van der Waals surface area contributed by atoms with Crippen LogP contribution in [0.2, 0.25) is 0 Å². The molecule has 2 aromatic heterocycles. The third kappa shape index (κ3) is 2.53. The molecule has 0 saturated carbocycles. The van der Waals surface area contributed by atoms with Crippen LogP contribution in [0.1, 0.15) is 11.1 Å². The molecule has 4 aromatic rings. The van der Waals surface area contributed by atoms with Crippen molar-refractivity contribution in [3.8, 4) is 0 Å². The van der Waals surface area contributed by atoms with E-state index in [0.717, 1.165) is 46.4 Å². The summed E-state index contributed by atoms with van der Waals surface area (Å²) in [5.41, 5.74) is 5.75. The van der Waals surface area contributed by atoms with Crippen LogP contribution in [0.3, 0.4) is 0 Å². The first kappa shape index (κ1) is 15.7. The van der Waals surface area contributed by atoms with Gasteiger partial charge < -0.3 is 5.32 Å². The zero-order valence-corrected chi connectivity index (χ0v) is 15.5. The summed E-state index contributed by atoms with van der Waals surface area (Å²) in [5.74, 6) is 0.813. The van der Waals surface area contributed by atoms with E-state index in [0.29, 0.717) is 0 Å². The minimum Gasteiger partial charge on any atom is -0.338 e. The number of anilines is 2. The Bertz CT molecular complexity index is 1130. The maximum atomic E-state index is 4.85. The third-order valence-corrected chi connectivity index (χ3v) is 5.68. The summed E-state index contributed by atoms with van der Waals surface area (Å²) in [4.78, 5) is 8.40. The second kappa shape index (κ2) is 6.00. The standard InChI is InChI=1S/C20H19N5S/c1-25-10-12-3-4-14(7-13(12)11-25)22-20-19-17(9-21-24-19)16-8-15(26-2)5-6-18(16)23-20/h3-9H,10-11H2,1-2H3,(H,21,24)(H,22,23). The molecule has 130 valence electrons. The predicted octanol–water partition coefficient (Wildman–Crippen LogP) is 4.52. The highest BCUT2D eigenvalue weighted by Crippen LogP contribution is 2.32. The van der Waals surface area contributed by atoms with Crippen LogP contribution in [0, 0.1) is 0 Å². The number of hydrogen-bond acceptors (Lipinski definition) is 5. The molecule has 0 radical (unpaired) electrons. The van der Waals surface area contributed by atoms with Gasteiger partial charge in [-0.3, -0.25) is 10.00 Å². The summed E-state index contributed by atoms with van der Waals surface area (Å²) in [5, 5.41) is 13.1. The van der Waals surface area contributed by atoms with Crippen LogP contribution in [-0.2, 0) is 13.1 Å². The zero-order valence-electron chi connectivity index (χ0n) is 14.7. The molecule has 0 unspecified atom stereocenters. The van der Waals surface area contributed by atoms with Gasteiger partial charge >= 0.3 is 0 Å². The number of fused-ring (bicyclic) bond motifs is 4. The quantitative estimate of drug-likeness (QED) is 0.525. The molecule has 2 aromatic carbocycles. The molecular weight excluding hydrogens is 342 g/mol. The van der Waals surface area contributed by atoms with Gasteiger partial charge in [0.15, 0.2) is 5.82 Å². The van der Waals surface area contributed by atoms with Gasteiger partial charge in [-0.05, 0) is 54.8 Å². The van der Waals surface area contributed by atoms with Gasteiger partial charge in [0.05, 0.1) is 11.7 Å². The summed E-state index contributed by atoms with van der Waals surface area (Å²) in [6.45, 7) is 2.01. The fourth-order valence-electron chi connectivity index (χ4n) is 3.67. The molecule has 0 bridgehead atoms. The molecule has 0 fully saturated rings. The van der Waals surface area contributed by atoms with E-state index in [-0.39, 0.29) is 0 Å². The van der Waals surface area contributed by atoms with E-state index in [1.807, 2.05) is 6.20 Å². The van der Waals surface area contributed by atoms with Crippen molar-refractivity contribution in [2.24, 2.45) is 0 Å². The van der Waals surface area contributed by atoms with Gasteiger partial charge in [-0.2, -0.15) is 5.10 Å². The number of rotatable bonds is 3. The van der Waals surface area contributed by atoms with Crippen LogP contribution in [0.5, 0.6) is 0 Å². The van der Waals surface area contributed by atoms with E-state index in [1.54, 1.807) is 11.8 Å². The molecule has 3 heterocycles. The van der Waals surface area contributed by atoms with Crippen molar-refractivity contribution in [3.63, 3.8) is 0 Å². The van der Waals surface area contributed by atoms with Crippen molar-refractivity contribution in [2.45, 2.75) is 18.0 Å². The van der Waals surface area contributed by atoms with Crippen molar-refractivity contribution < 1.29 is 0 Å². The zero-order chi connectivity index (χ0) is 17.7. The van der Waals surface area contributed by atoms with Gasteiger partial charge in [0.1, 0.15) is 5.52 Å². The molecule has 0 atom stereocenters. The number of aromatic amines is 1. The summed E-state index contributed by atoms with van der Waals surface area (Å²) in [7, 11) is 2.15. The molecule has 26 heavy (non-hydrogen) atoms. The summed E-state index contributed by atoms with van der Waals surface area (Å²) in [6.07, 6.45) is 3.97. The Morgan fingerprint density at radius 2 is 1.96 bits per heavy atom. The minimum atomic E-state index is 0.813. The van der Waals surface area contributed by atoms with E-state index in [1.165, 1.54) is 16.0 Å². The van der Waals surface area contributed by atoms with Crippen LogP contribution in [-0.4, -0.2) is 33.4 Å². The highest BCUT2D eigenvalue weighted by Gasteiger charge is 2.16. The molecule has 1 aliphatic rings. The molecule has 1 aliphatic heterocycles. The van der Waals surface area contributed by atoms with Gasteiger partial charge in [0.2, 0.25) is 0 Å². The molecule has 0 spiro atoms. The molecule has 0 aliphatic carbocycles. The first-order valence-corrected chi connectivity index (χ1v) is 9.82. The maximum Gasteiger partial charge on any atom is 0.157 e. The Labute approximate surface area is 155 Å². The SMILES string of the molecule is CSc1ccc2nc(Nc3ccc4c(c3)CN(C)C4)c3[nH]ncc3c2c1. The largest absolute Gasteiger partial charge is 0.338 e. The Hall–Kier alpha value is -2.57. The van der Waals surface area contributed by atoms with Gasteiger partial charge in [0, 0.05) is 34.4 Å². The predicted molar refractivity (Wildman–Crippen MR) is 108 cm³/mol. The van der Waals surface area contributed by atoms with Gasteiger partial charge in [0.25, 0.3) is 0 Å². The number of benzene rings is 2. The Kier molecular flexibility index (Phi) is 3.62. The Morgan fingerprint density at radius 1 is 1.08 bits per heavy atom. The molecule has 2 N–H and O–H groups in total. The van der Waals surface area contributed by atoms with Crippen molar-refractivity contribution >= 4 is 45.1 Å². The lowest BCUT2D eigenvalue weighted by Crippen LogP contribution is -2.07. The van der Waals surface area contributed by atoms with Gasteiger partial charge in [-0.15, -0.1) is 11.8 Å². The van der Waals surface area contributed by atoms with Crippen LogP contribution in [0.25, 0.3) is 21.8 Å². The summed E-state index contributed by atoms with van der Waals surface area (Å²) in [6, 6.07) is 12.9. The van der Waals surface area contributed by atoms with E-state index in [4.69, 9.17) is 4.98 Å². The fraction of sp³-hybridized carbons (Fsp3) is 0.200. The number of hydrogen-bond donors (Lipinski definition) is 2. The molecular formula is C20H19N5S. The first-order valence-electron chi connectivity index (χ1n) is 8.59. The monoisotopic (exact) mass is 361 g/mol. The molecule has 5 rings (SSSR count). The lowest BCUT2D eigenvalue weighted by atomic mass is 10.1. The molecule has 5 nitrogen and oxygen atoms in total. The highest BCUT2D eigenvalue weighted by atomic mass is 32.2. The van der Waals surface area contributed by atoms with E-state index in [9.17, 15) is 0 Å². The lowest BCUT2D eigenvalue weighted by molar-refractivity contribution is 0.353. The van der Waals surface area contributed by atoms with Gasteiger partial charge in [-0.25, -0.2) is 4.98 Å². The second-order valence-corrected chi connectivity index (χ2v) is 7.66. The molecule has 0 saturated heterocycles. The van der Waals surface area contributed by atoms with Crippen molar-refractivity contribution in [1.82, 2.24) is 20.1 Å². The lowest BCUT2D eigenvalue weighted by Gasteiger charge is -2.10. The van der Waals surface area contributed by atoms with Crippen molar-refractivity contribution in [1.29, 1.82) is 0 Å². The van der Waals surface area contributed by atoms with E-state index >= 15 is 0 Å². The molecule has 0 amide bonds. The van der Waals surface area contributed by atoms with Crippen LogP contribution < -0.4 is 5.32 Å².